The number of halogens is 2. The number of esters is 1. The number of hydrogen-bond donors (Lipinski definition) is 1. The van der Waals surface area contributed by atoms with Gasteiger partial charge in [-0.3, -0.25) is 9.59 Å². The van der Waals surface area contributed by atoms with Crippen LogP contribution >= 0.6 is 15.9 Å². The van der Waals surface area contributed by atoms with Gasteiger partial charge in [0.05, 0.1) is 23.9 Å². The van der Waals surface area contributed by atoms with Gasteiger partial charge in [-0.05, 0) is 82.4 Å². The summed E-state index contributed by atoms with van der Waals surface area (Å²) >= 11 is 3.18. The second kappa shape index (κ2) is 9.73. The van der Waals surface area contributed by atoms with Gasteiger partial charge in [0.25, 0.3) is 0 Å². The van der Waals surface area contributed by atoms with Crippen LogP contribution in [-0.2, 0) is 14.3 Å². The minimum atomic E-state index is -0.392. The van der Waals surface area contributed by atoms with E-state index < -0.39 is 5.92 Å². The molecule has 2 unspecified atom stereocenters. The first-order valence-electron chi connectivity index (χ1n) is 10.2. The highest BCUT2D eigenvalue weighted by atomic mass is 79.9. The van der Waals surface area contributed by atoms with Gasteiger partial charge < -0.3 is 10.1 Å². The Morgan fingerprint density at radius 2 is 2.00 bits per heavy atom. The van der Waals surface area contributed by atoms with Crippen LogP contribution < -0.4 is 5.32 Å². The third-order valence-corrected chi connectivity index (χ3v) is 6.71. The molecule has 0 aliphatic heterocycles. The van der Waals surface area contributed by atoms with Crippen LogP contribution in [0.25, 0.3) is 0 Å². The summed E-state index contributed by atoms with van der Waals surface area (Å²) < 4.78 is 19.3. The van der Waals surface area contributed by atoms with Crippen molar-refractivity contribution >= 4 is 33.5 Å². The van der Waals surface area contributed by atoms with E-state index in [9.17, 15) is 14.0 Å². The molecule has 1 saturated carbocycles. The van der Waals surface area contributed by atoms with Crippen LogP contribution in [0.15, 0.2) is 40.9 Å². The van der Waals surface area contributed by atoms with Gasteiger partial charge in [-0.2, -0.15) is 0 Å². The second-order valence-corrected chi connectivity index (χ2v) is 8.89. The molecule has 0 aromatic heterocycles. The molecule has 2 aromatic carbocycles. The second-order valence-electron chi connectivity index (χ2n) is 8.03. The first kappa shape index (κ1) is 22.5. The predicted molar refractivity (Wildman–Crippen MR) is 119 cm³/mol. The lowest BCUT2D eigenvalue weighted by Crippen LogP contribution is -2.31. The third-order valence-electron chi connectivity index (χ3n) is 6.07. The lowest BCUT2D eigenvalue weighted by molar-refractivity contribution is -0.141. The third kappa shape index (κ3) is 4.91. The van der Waals surface area contributed by atoms with Crippen molar-refractivity contribution in [1.82, 2.24) is 0 Å². The largest absolute Gasteiger partial charge is 0.469 e. The highest BCUT2D eigenvalue weighted by molar-refractivity contribution is 9.10. The van der Waals surface area contributed by atoms with E-state index in [2.05, 4.69) is 21.2 Å². The molecule has 0 heterocycles. The molecule has 1 N–H and O–H groups in total. The molecule has 30 heavy (non-hydrogen) atoms. The van der Waals surface area contributed by atoms with E-state index in [1.807, 2.05) is 38.1 Å². The first-order valence-corrected chi connectivity index (χ1v) is 11.0. The van der Waals surface area contributed by atoms with E-state index in [4.69, 9.17) is 4.74 Å². The van der Waals surface area contributed by atoms with Gasteiger partial charge in [-0.15, -0.1) is 0 Å². The lowest BCUT2D eigenvalue weighted by Gasteiger charge is -2.33. The fourth-order valence-electron chi connectivity index (χ4n) is 4.09. The summed E-state index contributed by atoms with van der Waals surface area (Å²) in [5, 5.41) is 3.07. The van der Waals surface area contributed by atoms with Crippen molar-refractivity contribution < 1.29 is 18.7 Å². The zero-order valence-corrected chi connectivity index (χ0v) is 19.1. The Hall–Kier alpha value is -2.21. The fraction of sp³-hybridized carbons (Fsp3) is 0.417. The molecule has 0 spiro atoms. The van der Waals surface area contributed by atoms with Crippen molar-refractivity contribution in [3.63, 3.8) is 0 Å². The van der Waals surface area contributed by atoms with Crippen LogP contribution in [0.5, 0.6) is 0 Å². The lowest BCUT2D eigenvalue weighted by atomic mass is 9.72. The highest BCUT2D eigenvalue weighted by Gasteiger charge is 2.34. The number of carbonyl (C=O) groups is 2. The highest BCUT2D eigenvalue weighted by Crippen LogP contribution is 2.41. The van der Waals surface area contributed by atoms with E-state index in [1.165, 1.54) is 13.2 Å². The van der Waals surface area contributed by atoms with Gasteiger partial charge in [0, 0.05) is 5.69 Å². The van der Waals surface area contributed by atoms with Crippen molar-refractivity contribution in [2.24, 2.45) is 5.92 Å². The molecule has 3 rings (SSSR count). The van der Waals surface area contributed by atoms with Crippen molar-refractivity contribution in [1.29, 1.82) is 0 Å². The monoisotopic (exact) mass is 475 g/mol. The average molecular weight is 476 g/mol. The predicted octanol–water partition coefficient (Wildman–Crippen LogP) is 6.09. The van der Waals surface area contributed by atoms with E-state index in [-0.39, 0.29) is 36.0 Å². The number of benzene rings is 2. The molecule has 6 heteroatoms. The van der Waals surface area contributed by atoms with Gasteiger partial charge in [-0.1, -0.05) is 31.5 Å². The Balaban J connectivity index is 1.84. The molecule has 1 fully saturated rings. The molecule has 2 aromatic rings. The first-order chi connectivity index (χ1) is 14.3. The van der Waals surface area contributed by atoms with Crippen molar-refractivity contribution in [2.75, 3.05) is 12.4 Å². The fourth-order valence-corrected chi connectivity index (χ4v) is 4.34. The Labute approximate surface area is 185 Å². The van der Waals surface area contributed by atoms with Crippen LogP contribution in [0.3, 0.4) is 0 Å². The van der Waals surface area contributed by atoms with Crippen molar-refractivity contribution in [3.8, 4) is 0 Å². The Kier molecular flexibility index (Phi) is 7.29. The van der Waals surface area contributed by atoms with Gasteiger partial charge in [0.1, 0.15) is 5.82 Å². The number of nitrogens with one attached hydrogen (secondary N) is 1. The molecule has 1 aliphatic carbocycles. The molecule has 1 amide bonds. The number of ether oxygens (including phenoxy) is 1. The smallest absolute Gasteiger partial charge is 0.306 e. The van der Waals surface area contributed by atoms with Crippen LogP contribution in [-0.4, -0.2) is 19.0 Å². The molecule has 160 valence electrons. The minimum absolute atomic E-state index is 0.0303. The number of methoxy groups -OCH3 is 1. The summed E-state index contributed by atoms with van der Waals surface area (Å²) in [5.74, 6) is -0.957. The summed E-state index contributed by atoms with van der Waals surface area (Å²) in [6, 6.07) is 10.6. The zero-order chi connectivity index (χ0) is 21.8. The molecule has 0 bridgehead atoms. The van der Waals surface area contributed by atoms with Crippen LogP contribution in [0, 0.1) is 18.7 Å². The molecular formula is C24H27BrFNO3. The topological polar surface area (TPSA) is 55.4 Å². The quantitative estimate of drug-likeness (QED) is 0.493. The van der Waals surface area contributed by atoms with Gasteiger partial charge in [-0.25, -0.2) is 4.39 Å². The summed E-state index contributed by atoms with van der Waals surface area (Å²) in [6.07, 6.45) is 3.29. The molecule has 2 atom stereocenters. The van der Waals surface area contributed by atoms with Crippen LogP contribution in [0.2, 0.25) is 0 Å². The molecule has 4 nitrogen and oxygen atoms in total. The standard InChI is InChI=1S/C24H27BrFNO3/c1-14(12-22(28)30-3)18-8-5-9-21(15(18)2)27-24(29)23(16-6-4-7-16)17-10-11-19(25)20(26)13-17/h5,8-11,13-14,16,23H,4,6-7,12H2,1-3H3,(H,27,29). The summed E-state index contributed by atoms with van der Waals surface area (Å²) in [4.78, 5) is 24.9. The Bertz CT molecular complexity index is 942. The van der Waals surface area contributed by atoms with Crippen LogP contribution in [0.1, 0.15) is 61.1 Å². The number of rotatable bonds is 7. The van der Waals surface area contributed by atoms with Crippen molar-refractivity contribution in [3.05, 3.63) is 63.4 Å². The van der Waals surface area contributed by atoms with E-state index >= 15 is 0 Å². The van der Waals surface area contributed by atoms with E-state index in [1.54, 1.807) is 6.07 Å². The van der Waals surface area contributed by atoms with Crippen molar-refractivity contribution in [2.45, 2.75) is 51.4 Å². The maximum atomic E-state index is 14.1. The Morgan fingerprint density at radius 3 is 2.60 bits per heavy atom. The number of anilines is 1. The Morgan fingerprint density at radius 1 is 1.27 bits per heavy atom. The number of hydrogen-bond acceptors (Lipinski definition) is 3. The summed E-state index contributed by atoms with van der Waals surface area (Å²) in [5.41, 5.74) is 3.34. The van der Waals surface area contributed by atoms with Crippen LogP contribution in [0.4, 0.5) is 10.1 Å². The van der Waals surface area contributed by atoms with Gasteiger partial charge >= 0.3 is 5.97 Å². The van der Waals surface area contributed by atoms with E-state index in [0.29, 0.717) is 10.0 Å². The number of amides is 1. The normalized spacial score (nSPS) is 15.8. The minimum Gasteiger partial charge on any atom is -0.469 e. The molecular weight excluding hydrogens is 449 g/mol. The summed E-state index contributed by atoms with van der Waals surface area (Å²) in [7, 11) is 1.38. The molecule has 0 saturated heterocycles. The summed E-state index contributed by atoms with van der Waals surface area (Å²) in [6.45, 7) is 3.91. The number of carbonyl (C=O) groups excluding carboxylic acids is 2. The SMILES string of the molecule is COC(=O)CC(C)c1cccc(NC(=O)C(c2ccc(Br)c(F)c2)C2CCC2)c1C. The molecule has 0 radical (unpaired) electrons. The van der Waals surface area contributed by atoms with Gasteiger partial charge in [0.15, 0.2) is 0 Å². The average Bonchev–Trinajstić information content (AvgIpc) is 2.68. The molecule has 1 aliphatic rings. The maximum Gasteiger partial charge on any atom is 0.306 e. The van der Waals surface area contributed by atoms with E-state index in [0.717, 1.165) is 36.1 Å². The maximum absolute atomic E-state index is 14.1. The zero-order valence-electron chi connectivity index (χ0n) is 17.5. The van der Waals surface area contributed by atoms with Gasteiger partial charge in [0.2, 0.25) is 5.91 Å².